The van der Waals surface area contributed by atoms with E-state index in [2.05, 4.69) is 0 Å². The van der Waals surface area contributed by atoms with E-state index in [0.717, 1.165) is 11.6 Å². The van der Waals surface area contributed by atoms with Crippen LogP contribution in [0.25, 0.3) is 12.2 Å². The van der Waals surface area contributed by atoms with Gasteiger partial charge >= 0.3 is 0 Å². The number of benzene rings is 3. The summed E-state index contributed by atoms with van der Waals surface area (Å²) in [5, 5.41) is 11.0. The Balaban J connectivity index is 1.94. The fourth-order valence-electron chi connectivity index (χ4n) is 3.29. The van der Waals surface area contributed by atoms with Gasteiger partial charge in [0.15, 0.2) is 21.3 Å². The molecule has 3 rings (SSSR count). The number of ether oxygens (including phenoxy) is 3. The molecule has 9 heteroatoms. The summed E-state index contributed by atoms with van der Waals surface area (Å²) in [5.74, 6) is 1.17. The molecule has 3 aromatic carbocycles. The fourth-order valence-corrected chi connectivity index (χ4v) is 4.72. The topological polar surface area (TPSA) is 105 Å². The summed E-state index contributed by atoms with van der Waals surface area (Å²) in [4.78, 5) is 10.3. The number of non-ortho nitro benzene ring substituents is 1. The largest absolute Gasteiger partial charge is 0.493 e. The molecule has 0 heterocycles. The van der Waals surface area contributed by atoms with E-state index >= 15 is 0 Å². The minimum Gasteiger partial charge on any atom is -0.493 e. The van der Waals surface area contributed by atoms with Crippen molar-refractivity contribution in [1.29, 1.82) is 0 Å². The quantitative estimate of drug-likeness (QED) is 0.253. The van der Waals surface area contributed by atoms with Crippen LogP contribution in [0.15, 0.2) is 65.6 Å². The number of nitrogens with zero attached hydrogens (tertiary/aromatic N) is 1. The number of hydrogen-bond acceptors (Lipinski definition) is 7. The minimum atomic E-state index is -3.80. The Bertz CT molecular complexity index is 1270. The molecule has 3 aromatic rings. The molecule has 0 saturated heterocycles. The smallest absolute Gasteiger partial charge is 0.270 e. The first-order valence-electron chi connectivity index (χ1n) is 9.82. The van der Waals surface area contributed by atoms with E-state index in [1.165, 1.54) is 39.5 Å². The molecule has 0 aliphatic heterocycles. The molecule has 0 fully saturated rings. The first-order valence-corrected chi connectivity index (χ1v) is 11.5. The maximum Gasteiger partial charge on any atom is 0.270 e. The van der Waals surface area contributed by atoms with Crippen molar-refractivity contribution in [2.75, 3.05) is 21.3 Å². The highest BCUT2D eigenvalue weighted by molar-refractivity contribution is 7.90. The summed E-state index contributed by atoms with van der Waals surface area (Å²) in [5.41, 5.74) is 1.75. The number of methoxy groups -OCH3 is 3. The lowest BCUT2D eigenvalue weighted by molar-refractivity contribution is -0.385. The number of nitro groups is 1. The third-order valence-electron chi connectivity index (χ3n) is 4.93. The second-order valence-corrected chi connectivity index (χ2v) is 8.99. The maximum atomic E-state index is 12.9. The normalized spacial score (nSPS) is 11.4. The number of hydrogen-bond donors (Lipinski definition) is 0. The van der Waals surface area contributed by atoms with Crippen LogP contribution in [0.4, 0.5) is 5.69 Å². The van der Waals surface area contributed by atoms with Gasteiger partial charge in [0.1, 0.15) is 0 Å². The summed E-state index contributed by atoms with van der Waals surface area (Å²) < 4.78 is 42.0. The highest BCUT2D eigenvalue weighted by atomic mass is 32.2. The zero-order chi connectivity index (χ0) is 24.0. The number of nitro benzene ring substituents is 1. The zero-order valence-electron chi connectivity index (χ0n) is 18.3. The molecule has 0 aromatic heterocycles. The van der Waals surface area contributed by atoms with Crippen LogP contribution in [0.2, 0.25) is 0 Å². The van der Waals surface area contributed by atoms with E-state index in [4.69, 9.17) is 14.2 Å². The Morgan fingerprint density at radius 3 is 2.15 bits per heavy atom. The average Bonchev–Trinajstić information content (AvgIpc) is 2.82. The molecule has 0 amide bonds. The zero-order valence-corrected chi connectivity index (χ0v) is 19.2. The van der Waals surface area contributed by atoms with Gasteiger partial charge in [0.25, 0.3) is 5.69 Å². The molecule has 0 atom stereocenters. The molecule has 0 saturated carbocycles. The second kappa shape index (κ2) is 10.2. The van der Waals surface area contributed by atoms with Gasteiger partial charge in [0.05, 0.1) is 36.9 Å². The van der Waals surface area contributed by atoms with Crippen molar-refractivity contribution in [3.05, 3.63) is 87.5 Å². The summed E-state index contributed by atoms with van der Waals surface area (Å²) in [6.45, 7) is 0. The van der Waals surface area contributed by atoms with E-state index in [9.17, 15) is 18.5 Å². The fraction of sp³-hybridized carbons (Fsp3) is 0.167. The minimum absolute atomic E-state index is 0.0971. The molecule has 0 spiro atoms. The third kappa shape index (κ3) is 5.50. The Kier molecular flexibility index (Phi) is 7.34. The van der Waals surface area contributed by atoms with Gasteiger partial charge in [0.2, 0.25) is 5.75 Å². The van der Waals surface area contributed by atoms with Crippen molar-refractivity contribution in [3.63, 3.8) is 0 Å². The van der Waals surface area contributed by atoms with Crippen LogP contribution in [0.3, 0.4) is 0 Å². The van der Waals surface area contributed by atoms with Crippen molar-refractivity contribution in [2.24, 2.45) is 0 Å². The van der Waals surface area contributed by atoms with Crippen LogP contribution in [0.1, 0.15) is 16.7 Å². The van der Waals surface area contributed by atoms with Gasteiger partial charge in [-0.05, 0) is 34.9 Å². The van der Waals surface area contributed by atoms with Crippen LogP contribution < -0.4 is 14.2 Å². The van der Waals surface area contributed by atoms with E-state index in [1.54, 1.807) is 42.5 Å². The van der Waals surface area contributed by atoms with Gasteiger partial charge in [-0.1, -0.05) is 42.5 Å². The van der Waals surface area contributed by atoms with Crippen molar-refractivity contribution in [2.45, 2.75) is 10.6 Å². The molecule has 0 bridgehead atoms. The maximum absolute atomic E-state index is 12.9. The monoisotopic (exact) mass is 469 g/mol. The SMILES string of the molecule is COc1cc(/C=C\c2ccccc2CS(=O)(=O)c2cccc([N+](=O)[O-])c2)cc(OC)c1OC. The standard InChI is InChI=1S/C24H23NO7S/c1-30-22-13-17(14-23(31-2)24(22)32-3)11-12-18-7-4-5-8-19(18)16-33(28,29)21-10-6-9-20(15-21)25(26)27/h4-15H,16H2,1-3H3/b12-11-. The molecule has 33 heavy (non-hydrogen) atoms. The van der Waals surface area contributed by atoms with Gasteiger partial charge in [0, 0.05) is 12.1 Å². The van der Waals surface area contributed by atoms with Gasteiger partial charge in [-0.3, -0.25) is 10.1 Å². The molecule has 172 valence electrons. The van der Waals surface area contributed by atoms with Crippen molar-refractivity contribution in [3.8, 4) is 17.2 Å². The van der Waals surface area contributed by atoms with Crippen LogP contribution in [-0.4, -0.2) is 34.7 Å². The van der Waals surface area contributed by atoms with Gasteiger partial charge in [-0.2, -0.15) is 0 Å². The highest BCUT2D eigenvalue weighted by Crippen LogP contribution is 2.38. The van der Waals surface area contributed by atoms with Gasteiger partial charge < -0.3 is 14.2 Å². The first kappa shape index (κ1) is 23.8. The van der Waals surface area contributed by atoms with E-state index in [-0.39, 0.29) is 16.3 Å². The van der Waals surface area contributed by atoms with E-state index < -0.39 is 14.8 Å². The molecule has 0 N–H and O–H groups in total. The van der Waals surface area contributed by atoms with Crippen LogP contribution >= 0.6 is 0 Å². The second-order valence-electron chi connectivity index (χ2n) is 7.00. The lowest BCUT2D eigenvalue weighted by Gasteiger charge is -2.13. The molecule has 0 radical (unpaired) electrons. The predicted molar refractivity (Wildman–Crippen MR) is 125 cm³/mol. The number of rotatable bonds is 9. The Morgan fingerprint density at radius 2 is 1.55 bits per heavy atom. The van der Waals surface area contributed by atoms with E-state index in [1.807, 2.05) is 6.08 Å². The third-order valence-corrected chi connectivity index (χ3v) is 6.59. The van der Waals surface area contributed by atoms with Crippen LogP contribution in [0.5, 0.6) is 17.2 Å². The average molecular weight is 470 g/mol. The van der Waals surface area contributed by atoms with Gasteiger partial charge in [-0.15, -0.1) is 0 Å². The van der Waals surface area contributed by atoms with Crippen LogP contribution in [0, 0.1) is 10.1 Å². The molecular weight excluding hydrogens is 446 g/mol. The molecule has 0 unspecified atom stereocenters. The number of sulfone groups is 1. The Morgan fingerprint density at radius 1 is 0.879 bits per heavy atom. The molecule has 0 aliphatic carbocycles. The van der Waals surface area contributed by atoms with Crippen molar-refractivity contribution < 1.29 is 27.6 Å². The first-order chi connectivity index (χ1) is 15.8. The van der Waals surface area contributed by atoms with Crippen LogP contribution in [-0.2, 0) is 15.6 Å². The lowest BCUT2D eigenvalue weighted by Crippen LogP contribution is -2.06. The molecule has 8 nitrogen and oxygen atoms in total. The van der Waals surface area contributed by atoms with Gasteiger partial charge in [-0.25, -0.2) is 8.42 Å². The van der Waals surface area contributed by atoms with E-state index in [0.29, 0.717) is 28.4 Å². The summed E-state index contributed by atoms with van der Waals surface area (Å²) in [6, 6.07) is 15.7. The lowest BCUT2D eigenvalue weighted by atomic mass is 10.1. The predicted octanol–water partition coefficient (Wildman–Crippen LogP) is 4.76. The summed E-state index contributed by atoms with van der Waals surface area (Å²) in [7, 11) is 0.775. The summed E-state index contributed by atoms with van der Waals surface area (Å²) >= 11 is 0. The summed E-state index contributed by atoms with van der Waals surface area (Å²) in [6.07, 6.45) is 3.60. The Labute approximate surface area is 192 Å². The molecule has 0 aliphatic rings. The van der Waals surface area contributed by atoms with Crippen molar-refractivity contribution in [1.82, 2.24) is 0 Å². The van der Waals surface area contributed by atoms with Crippen molar-refractivity contribution >= 4 is 27.7 Å². The Hall–Kier alpha value is -3.85. The molecular formula is C24H23NO7S. The highest BCUT2D eigenvalue weighted by Gasteiger charge is 2.19.